The van der Waals surface area contributed by atoms with Crippen LogP contribution in [-0.4, -0.2) is 20.2 Å². The smallest absolute Gasteiger partial charge is 0.243 e. The zero-order valence-corrected chi connectivity index (χ0v) is 12.6. The molecule has 0 aliphatic heterocycles. The van der Waals surface area contributed by atoms with Crippen LogP contribution in [0.4, 0.5) is 5.95 Å². The Morgan fingerprint density at radius 1 is 1.00 bits per heavy atom. The molecule has 0 spiro atoms. The van der Waals surface area contributed by atoms with Crippen LogP contribution in [0.3, 0.4) is 0 Å². The summed E-state index contributed by atoms with van der Waals surface area (Å²) in [4.78, 5) is 10.2. The highest BCUT2D eigenvalue weighted by atomic mass is 32.1. The molecule has 2 aromatic rings. The van der Waals surface area contributed by atoms with E-state index in [1.165, 1.54) is 4.88 Å². The average Bonchev–Trinajstić information content (AvgIpc) is 2.75. The number of aromatic nitrogens is 4. The predicted molar refractivity (Wildman–Crippen MR) is 77.5 cm³/mol. The Morgan fingerprint density at radius 3 is 2.32 bits per heavy atom. The van der Waals surface area contributed by atoms with E-state index >= 15 is 0 Å². The van der Waals surface area contributed by atoms with E-state index < -0.39 is 0 Å². The summed E-state index contributed by atoms with van der Waals surface area (Å²) in [5.41, 5.74) is 3.09. The van der Waals surface area contributed by atoms with Crippen LogP contribution >= 0.6 is 11.3 Å². The van der Waals surface area contributed by atoms with Crippen molar-refractivity contribution in [3.05, 3.63) is 27.0 Å². The second-order valence-corrected chi connectivity index (χ2v) is 5.63. The minimum atomic E-state index is 0.583. The fourth-order valence-corrected chi connectivity index (χ4v) is 2.66. The molecule has 0 amide bonds. The molecule has 0 bridgehead atoms. The maximum absolute atomic E-state index is 4.50. The lowest BCUT2D eigenvalue weighted by atomic mass is 10.2. The molecule has 0 saturated carbocycles. The molecule has 1 N–H and O–H groups in total. The second-order valence-electron chi connectivity index (χ2n) is 4.34. The van der Waals surface area contributed by atoms with Gasteiger partial charge in [0.25, 0.3) is 0 Å². The van der Waals surface area contributed by atoms with Crippen LogP contribution in [0.5, 0.6) is 0 Å². The van der Waals surface area contributed by atoms with Crippen molar-refractivity contribution >= 4 is 17.3 Å². The minimum Gasteiger partial charge on any atom is -0.346 e. The van der Waals surface area contributed by atoms with Crippen molar-refractivity contribution in [2.24, 2.45) is 0 Å². The third kappa shape index (κ3) is 3.26. The topological polar surface area (TPSA) is 63.6 Å². The fourth-order valence-electron chi connectivity index (χ4n) is 1.78. The standard InChI is InChI=1S/C13H19N5S/c1-5-10-11(6-2)17-18-13(16-10)14-7-12-15-8(3)9(4)19-12/h5-7H2,1-4H3,(H,14,16,18). The average molecular weight is 277 g/mol. The van der Waals surface area contributed by atoms with Crippen LogP contribution in [0.15, 0.2) is 0 Å². The zero-order chi connectivity index (χ0) is 13.8. The third-order valence-corrected chi connectivity index (χ3v) is 4.05. The minimum absolute atomic E-state index is 0.583. The van der Waals surface area contributed by atoms with Crippen molar-refractivity contribution in [1.82, 2.24) is 20.2 Å². The summed E-state index contributed by atoms with van der Waals surface area (Å²) in [5.74, 6) is 0.583. The molecule has 0 aromatic carbocycles. The second kappa shape index (κ2) is 6.06. The molecule has 0 fully saturated rings. The Labute approximate surface area is 117 Å². The number of hydrogen-bond donors (Lipinski definition) is 1. The van der Waals surface area contributed by atoms with Gasteiger partial charge in [0, 0.05) is 4.88 Å². The molecular formula is C13H19N5S. The number of thiazole rings is 1. The van der Waals surface area contributed by atoms with Gasteiger partial charge in [-0.2, -0.15) is 5.10 Å². The van der Waals surface area contributed by atoms with E-state index in [4.69, 9.17) is 0 Å². The Kier molecular flexibility index (Phi) is 4.42. The SMILES string of the molecule is CCc1nnc(NCc2nc(C)c(C)s2)nc1CC. The number of aryl methyl sites for hydroxylation is 4. The van der Waals surface area contributed by atoms with Gasteiger partial charge in [0.15, 0.2) is 0 Å². The lowest BCUT2D eigenvalue weighted by Crippen LogP contribution is -2.09. The van der Waals surface area contributed by atoms with Crippen molar-refractivity contribution in [2.45, 2.75) is 47.1 Å². The van der Waals surface area contributed by atoms with Crippen LogP contribution in [0.1, 0.15) is 40.8 Å². The first-order chi connectivity index (χ1) is 9.13. The van der Waals surface area contributed by atoms with Gasteiger partial charge in [-0.15, -0.1) is 16.4 Å². The van der Waals surface area contributed by atoms with E-state index in [0.29, 0.717) is 12.5 Å². The van der Waals surface area contributed by atoms with E-state index in [-0.39, 0.29) is 0 Å². The largest absolute Gasteiger partial charge is 0.346 e. The maximum atomic E-state index is 4.50. The summed E-state index contributed by atoms with van der Waals surface area (Å²) in [7, 11) is 0. The molecule has 2 rings (SSSR count). The Bertz CT molecular complexity index is 545. The lowest BCUT2D eigenvalue weighted by Gasteiger charge is -2.06. The summed E-state index contributed by atoms with van der Waals surface area (Å²) < 4.78 is 0. The Hall–Kier alpha value is -1.56. The molecule has 0 saturated heterocycles. The maximum Gasteiger partial charge on any atom is 0.243 e. The van der Waals surface area contributed by atoms with Crippen molar-refractivity contribution in [3.8, 4) is 0 Å². The number of nitrogens with one attached hydrogen (secondary N) is 1. The molecular weight excluding hydrogens is 258 g/mol. The molecule has 0 aliphatic rings. The van der Waals surface area contributed by atoms with Gasteiger partial charge in [0.05, 0.1) is 23.6 Å². The molecule has 0 atom stereocenters. The Morgan fingerprint density at radius 2 is 1.74 bits per heavy atom. The van der Waals surface area contributed by atoms with Crippen molar-refractivity contribution < 1.29 is 0 Å². The summed E-state index contributed by atoms with van der Waals surface area (Å²) >= 11 is 1.70. The van der Waals surface area contributed by atoms with Gasteiger partial charge >= 0.3 is 0 Å². The molecule has 0 radical (unpaired) electrons. The molecule has 2 aromatic heterocycles. The molecule has 0 unspecified atom stereocenters. The molecule has 0 aliphatic carbocycles. The van der Waals surface area contributed by atoms with Gasteiger partial charge in [0.1, 0.15) is 5.01 Å². The molecule has 2 heterocycles. The van der Waals surface area contributed by atoms with E-state index in [1.807, 2.05) is 6.92 Å². The number of hydrogen-bond acceptors (Lipinski definition) is 6. The molecule has 5 nitrogen and oxygen atoms in total. The predicted octanol–water partition coefficient (Wildman–Crippen LogP) is 2.68. The summed E-state index contributed by atoms with van der Waals surface area (Å²) in [6.45, 7) is 8.91. The highest BCUT2D eigenvalue weighted by molar-refractivity contribution is 7.11. The molecule has 6 heteroatoms. The van der Waals surface area contributed by atoms with Gasteiger partial charge in [-0.1, -0.05) is 13.8 Å². The molecule has 19 heavy (non-hydrogen) atoms. The number of anilines is 1. The number of rotatable bonds is 5. The van der Waals surface area contributed by atoms with Crippen molar-refractivity contribution in [3.63, 3.8) is 0 Å². The van der Waals surface area contributed by atoms with Gasteiger partial charge in [-0.3, -0.25) is 0 Å². The van der Waals surface area contributed by atoms with Crippen LogP contribution in [-0.2, 0) is 19.4 Å². The van der Waals surface area contributed by atoms with Gasteiger partial charge in [-0.05, 0) is 26.7 Å². The molecule has 102 valence electrons. The Balaban J connectivity index is 2.07. The van der Waals surface area contributed by atoms with Gasteiger partial charge < -0.3 is 5.32 Å². The summed E-state index contributed by atoms with van der Waals surface area (Å²) in [6, 6.07) is 0. The van der Waals surface area contributed by atoms with Crippen LogP contribution in [0.25, 0.3) is 0 Å². The third-order valence-electron chi connectivity index (χ3n) is 2.98. The summed E-state index contributed by atoms with van der Waals surface area (Å²) in [6.07, 6.45) is 1.75. The first-order valence-corrected chi connectivity index (χ1v) is 7.34. The van der Waals surface area contributed by atoms with E-state index in [2.05, 4.69) is 46.3 Å². The first-order valence-electron chi connectivity index (χ1n) is 6.53. The van der Waals surface area contributed by atoms with Gasteiger partial charge in [-0.25, -0.2) is 9.97 Å². The quantitative estimate of drug-likeness (QED) is 0.910. The van der Waals surface area contributed by atoms with E-state index in [0.717, 1.165) is 34.9 Å². The fraction of sp³-hybridized carbons (Fsp3) is 0.538. The monoisotopic (exact) mass is 277 g/mol. The highest BCUT2D eigenvalue weighted by Crippen LogP contribution is 2.17. The normalized spacial score (nSPS) is 10.7. The van der Waals surface area contributed by atoms with Gasteiger partial charge in [0.2, 0.25) is 5.95 Å². The van der Waals surface area contributed by atoms with E-state index in [9.17, 15) is 0 Å². The van der Waals surface area contributed by atoms with Crippen molar-refractivity contribution in [1.29, 1.82) is 0 Å². The van der Waals surface area contributed by atoms with Crippen LogP contribution < -0.4 is 5.32 Å². The van der Waals surface area contributed by atoms with Crippen molar-refractivity contribution in [2.75, 3.05) is 5.32 Å². The number of nitrogens with zero attached hydrogens (tertiary/aromatic N) is 4. The summed E-state index contributed by atoms with van der Waals surface area (Å²) in [5, 5.41) is 12.6. The van der Waals surface area contributed by atoms with Crippen LogP contribution in [0, 0.1) is 13.8 Å². The lowest BCUT2D eigenvalue weighted by molar-refractivity contribution is 0.819. The van der Waals surface area contributed by atoms with Crippen LogP contribution in [0.2, 0.25) is 0 Å². The van der Waals surface area contributed by atoms with E-state index in [1.54, 1.807) is 11.3 Å². The highest BCUT2D eigenvalue weighted by Gasteiger charge is 2.07. The first kappa shape index (κ1) is 13.9. The zero-order valence-electron chi connectivity index (χ0n) is 11.8.